The minimum absolute atomic E-state index is 0.0793. The maximum atomic E-state index is 14.2. The van der Waals surface area contributed by atoms with Crippen molar-refractivity contribution in [1.29, 1.82) is 0 Å². The third-order valence-corrected chi connectivity index (χ3v) is 9.47. The Morgan fingerprint density at radius 3 is 1.62 bits per heavy atom. The predicted octanol–water partition coefficient (Wildman–Crippen LogP) is 3.49. The van der Waals surface area contributed by atoms with Crippen molar-refractivity contribution in [3.8, 4) is 0 Å². The highest BCUT2D eigenvalue weighted by molar-refractivity contribution is 5.93. The number of nitrogens with two attached hydrogens (primary N) is 1. The Kier molecular flexibility index (Phi) is 19.6. The maximum Gasteiger partial charge on any atom is 0.326 e. The number of carboxylic acids is 1. The highest BCUT2D eigenvalue weighted by Crippen LogP contribution is 2.14. The molecular formula is C42H64N6O7. The second-order valence-electron chi connectivity index (χ2n) is 15.8. The van der Waals surface area contributed by atoms with Crippen molar-refractivity contribution in [1.82, 2.24) is 26.6 Å². The van der Waals surface area contributed by atoms with Crippen LogP contribution in [0.2, 0.25) is 0 Å². The summed E-state index contributed by atoms with van der Waals surface area (Å²) in [5.41, 5.74) is 8.35. The van der Waals surface area contributed by atoms with Gasteiger partial charge in [0.15, 0.2) is 0 Å². The Bertz CT molecular complexity index is 1540. The van der Waals surface area contributed by atoms with Gasteiger partial charge in [0.1, 0.15) is 24.2 Å². The first-order valence-corrected chi connectivity index (χ1v) is 19.5. The smallest absolute Gasteiger partial charge is 0.326 e. The first kappa shape index (κ1) is 46.4. The maximum absolute atomic E-state index is 14.2. The molecule has 0 aromatic heterocycles. The number of amides is 5. The van der Waals surface area contributed by atoms with E-state index in [0.29, 0.717) is 12.8 Å². The van der Waals surface area contributed by atoms with Gasteiger partial charge in [0.05, 0.1) is 0 Å². The molecule has 0 saturated heterocycles. The summed E-state index contributed by atoms with van der Waals surface area (Å²) in [4.78, 5) is 79.4. The lowest BCUT2D eigenvalue weighted by Crippen LogP contribution is -2.59. The van der Waals surface area contributed by atoms with Crippen LogP contribution < -0.4 is 32.3 Å². The zero-order valence-corrected chi connectivity index (χ0v) is 33.8. The number of aliphatic carboxylic acids is 1. The molecule has 2 aromatic carbocycles. The van der Waals surface area contributed by atoms with E-state index in [9.17, 15) is 33.9 Å². The third-order valence-electron chi connectivity index (χ3n) is 9.47. The molecule has 0 unspecified atom stereocenters. The van der Waals surface area contributed by atoms with Gasteiger partial charge < -0.3 is 37.4 Å². The van der Waals surface area contributed by atoms with Crippen LogP contribution in [0, 0.1) is 23.7 Å². The molecule has 0 aliphatic heterocycles. The van der Waals surface area contributed by atoms with Crippen molar-refractivity contribution in [2.45, 2.75) is 130 Å². The van der Waals surface area contributed by atoms with Crippen molar-refractivity contribution in [3.63, 3.8) is 0 Å². The second-order valence-corrected chi connectivity index (χ2v) is 15.8. The van der Waals surface area contributed by atoms with Crippen LogP contribution in [-0.2, 0) is 41.6 Å². The van der Waals surface area contributed by atoms with Crippen LogP contribution in [-0.4, -0.2) is 76.9 Å². The van der Waals surface area contributed by atoms with Crippen LogP contribution in [0.4, 0.5) is 0 Å². The zero-order valence-electron chi connectivity index (χ0n) is 33.8. The summed E-state index contributed by atoms with van der Waals surface area (Å²) in [5.74, 6) is -4.10. The van der Waals surface area contributed by atoms with E-state index in [1.165, 1.54) is 0 Å². The van der Waals surface area contributed by atoms with Gasteiger partial charge >= 0.3 is 5.97 Å². The Morgan fingerprint density at radius 2 is 1.13 bits per heavy atom. The fourth-order valence-corrected chi connectivity index (χ4v) is 6.17. The van der Waals surface area contributed by atoms with Gasteiger partial charge in [-0.2, -0.15) is 0 Å². The van der Waals surface area contributed by atoms with Gasteiger partial charge in [-0.25, -0.2) is 4.79 Å². The number of carbonyl (C=O) groups is 6. The topological polar surface area (TPSA) is 209 Å². The van der Waals surface area contributed by atoms with Crippen LogP contribution in [0.1, 0.15) is 92.2 Å². The summed E-state index contributed by atoms with van der Waals surface area (Å²) in [5, 5.41) is 23.7. The van der Waals surface area contributed by atoms with Gasteiger partial charge in [-0.15, -0.1) is 0 Å². The van der Waals surface area contributed by atoms with E-state index in [0.717, 1.165) is 11.1 Å². The van der Waals surface area contributed by atoms with Crippen LogP contribution >= 0.6 is 0 Å². The molecule has 13 heteroatoms. The average Bonchev–Trinajstić information content (AvgIpc) is 3.11. The first-order valence-electron chi connectivity index (χ1n) is 19.5. The molecule has 55 heavy (non-hydrogen) atoms. The monoisotopic (exact) mass is 764 g/mol. The number of nitrogens with one attached hydrogen (secondary N) is 5. The van der Waals surface area contributed by atoms with E-state index in [1.807, 2.05) is 95.3 Å². The Labute approximate surface area is 326 Å². The molecule has 0 saturated carbocycles. The number of hydrogen-bond donors (Lipinski definition) is 7. The number of benzene rings is 2. The molecule has 7 atom stereocenters. The summed E-state index contributed by atoms with van der Waals surface area (Å²) in [6, 6.07) is 12.8. The molecule has 0 fully saturated rings. The molecular weight excluding hydrogens is 700 g/mol. The van der Waals surface area contributed by atoms with E-state index in [4.69, 9.17) is 5.73 Å². The molecule has 304 valence electrons. The minimum atomic E-state index is -1.17. The van der Waals surface area contributed by atoms with Crippen LogP contribution in [0.3, 0.4) is 0 Å². The summed E-state index contributed by atoms with van der Waals surface area (Å²) < 4.78 is 0. The van der Waals surface area contributed by atoms with Gasteiger partial charge in [0.2, 0.25) is 29.5 Å². The summed E-state index contributed by atoms with van der Waals surface area (Å²) in [7, 11) is 0. The van der Waals surface area contributed by atoms with E-state index in [-0.39, 0.29) is 55.3 Å². The predicted molar refractivity (Wildman–Crippen MR) is 213 cm³/mol. The number of rotatable bonds is 23. The molecule has 2 aromatic rings. The molecule has 0 heterocycles. The van der Waals surface area contributed by atoms with Crippen molar-refractivity contribution < 1.29 is 33.9 Å². The molecule has 5 amide bonds. The third kappa shape index (κ3) is 16.6. The minimum Gasteiger partial charge on any atom is -0.480 e. The van der Waals surface area contributed by atoms with Crippen molar-refractivity contribution in [2.75, 3.05) is 0 Å². The van der Waals surface area contributed by atoms with Crippen molar-refractivity contribution >= 4 is 35.5 Å². The van der Waals surface area contributed by atoms with Gasteiger partial charge in [0.25, 0.3) is 0 Å². The molecule has 13 nitrogen and oxygen atoms in total. The molecule has 0 aliphatic carbocycles. The quantitative estimate of drug-likeness (QED) is 0.0889. The Morgan fingerprint density at radius 1 is 0.600 bits per heavy atom. The van der Waals surface area contributed by atoms with Gasteiger partial charge in [-0.05, 0) is 47.6 Å². The van der Waals surface area contributed by atoms with Gasteiger partial charge in [0, 0.05) is 31.3 Å². The summed E-state index contributed by atoms with van der Waals surface area (Å²) >= 11 is 0. The standard InChI is InChI=1S/C42H64N6O7/c1-9-28(8)38(41(53)48-37(27(6)7)42(54)55)47-36(50)24-31(43)32(22-29-16-12-10-13-17-29)45-40(52)34(23-30-18-14-11-15-19-30)46-39(51)33(20-25(2)3)44-35(49)21-26(4)5/h10-19,25-28,31-34,37-38H,9,20-24,43H2,1-8H3,(H,44,49)(H,45,52)(H,46,51)(H,47,50)(H,48,53)(H,54,55)/t28-,31-,32-,33-,34-,37-,38-/m0/s1. The van der Waals surface area contributed by atoms with E-state index in [2.05, 4.69) is 26.6 Å². The lowest BCUT2D eigenvalue weighted by atomic mass is 9.94. The normalized spacial score (nSPS) is 15.2. The summed E-state index contributed by atoms with van der Waals surface area (Å²) in [6.45, 7) is 14.8. The molecule has 2 rings (SSSR count). The van der Waals surface area contributed by atoms with E-state index < -0.39 is 65.8 Å². The number of carbonyl (C=O) groups excluding carboxylic acids is 5. The van der Waals surface area contributed by atoms with Gasteiger partial charge in [-0.3, -0.25) is 24.0 Å². The Hall–Kier alpha value is -4.78. The molecule has 0 spiro atoms. The second kappa shape index (κ2) is 23.2. The molecule has 0 aliphatic rings. The first-order chi connectivity index (χ1) is 25.9. The summed E-state index contributed by atoms with van der Waals surface area (Å²) in [6.07, 6.45) is 1.31. The van der Waals surface area contributed by atoms with Crippen LogP contribution in [0.25, 0.3) is 0 Å². The highest BCUT2D eigenvalue weighted by atomic mass is 16.4. The number of hydrogen-bond acceptors (Lipinski definition) is 7. The molecule has 8 N–H and O–H groups in total. The lowest BCUT2D eigenvalue weighted by Gasteiger charge is -2.30. The van der Waals surface area contributed by atoms with Crippen LogP contribution in [0.15, 0.2) is 60.7 Å². The van der Waals surface area contributed by atoms with Crippen LogP contribution in [0.5, 0.6) is 0 Å². The Balaban J connectivity index is 2.38. The van der Waals surface area contributed by atoms with Gasteiger partial charge in [-0.1, -0.05) is 122 Å². The van der Waals surface area contributed by atoms with Crippen molar-refractivity contribution in [3.05, 3.63) is 71.8 Å². The zero-order chi connectivity index (χ0) is 41.2. The fraction of sp³-hybridized carbons (Fsp3) is 0.571. The van der Waals surface area contributed by atoms with E-state index in [1.54, 1.807) is 20.8 Å². The van der Waals surface area contributed by atoms with Crippen molar-refractivity contribution in [2.24, 2.45) is 29.4 Å². The number of carboxylic acid groups (broad SMARTS) is 1. The average molecular weight is 765 g/mol. The largest absolute Gasteiger partial charge is 0.480 e. The fourth-order valence-electron chi connectivity index (χ4n) is 6.17. The van der Waals surface area contributed by atoms with E-state index >= 15 is 0 Å². The highest BCUT2D eigenvalue weighted by Gasteiger charge is 2.34. The SMILES string of the molecule is CC[C@H](C)[C@H](NC(=O)C[C@H](N)[C@H](Cc1ccccc1)NC(=O)[C@H](Cc1ccccc1)NC(=O)[C@H](CC(C)C)NC(=O)CC(C)C)C(=O)N[C@H](C(=O)O)C(C)C. The molecule has 0 radical (unpaired) electrons. The lowest BCUT2D eigenvalue weighted by molar-refractivity contribution is -0.143. The molecule has 0 bridgehead atoms.